The summed E-state index contributed by atoms with van der Waals surface area (Å²) in [5.41, 5.74) is -0.455. The molecule has 0 saturated carbocycles. The van der Waals surface area contributed by atoms with E-state index in [-0.39, 0.29) is 30.8 Å². The van der Waals surface area contributed by atoms with Crippen molar-refractivity contribution in [1.29, 1.82) is 0 Å². The van der Waals surface area contributed by atoms with E-state index in [4.69, 9.17) is 4.74 Å². The molecule has 0 aromatic heterocycles. The molecule has 1 N–H and O–H groups in total. The number of ether oxygens (including phenoxy) is 1. The highest BCUT2D eigenvalue weighted by Gasteiger charge is 2.32. The number of hydrogen-bond acceptors (Lipinski definition) is 4. The van der Waals surface area contributed by atoms with Gasteiger partial charge in [-0.1, -0.05) is 0 Å². The van der Waals surface area contributed by atoms with Crippen LogP contribution in [0.4, 0.5) is 18.9 Å². The van der Waals surface area contributed by atoms with Crippen LogP contribution >= 0.6 is 0 Å². The Balaban J connectivity index is 1.62. The first-order valence-electron chi connectivity index (χ1n) is 9.41. The Morgan fingerprint density at radius 3 is 2.30 bits per heavy atom. The Kier molecular flexibility index (Phi) is 6.67. The third kappa shape index (κ3) is 4.59. The molecule has 6 nitrogen and oxygen atoms in total. The van der Waals surface area contributed by atoms with Crippen molar-refractivity contribution in [3.05, 3.63) is 53.8 Å². The molecule has 0 aliphatic carbocycles. The molecular formula is C20H21F3N2O4S. The largest absolute Gasteiger partial charge is 0.494 e. The minimum atomic E-state index is -3.72. The van der Waals surface area contributed by atoms with Crippen molar-refractivity contribution >= 4 is 21.6 Å². The maximum absolute atomic E-state index is 13.7. The van der Waals surface area contributed by atoms with Gasteiger partial charge in [0, 0.05) is 19.0 Å². The zero-order valence-electron chi connectivity index (χ0n) is 16.2. The molecule has 10 heteroatoms. The van der Waals surface area contributed by atoms with Crippen LogP contribution in [0.15, 0.2) is 41.3 Å². The minimum absolute atomic E-state index is 0.105. The van der Waals surface area contributed by atoms with Gasteiger partial charge in [0.2, 0.25) is 15.9 Å². The lowest BCUT2D eigenvalue weighted by Gasteiger charge is -2.30. The molecule has 0 unspecified atom stereocenters. The van der Waals surface area contributed by atoms with Gasteiger partial charge < -0.3 is 10.1 Å². The highest BCUT2D eigenvalue weighted by Crippen LogP contribution is 2.27. The second-order valence-corrected chi connectivity index (χ2v) is 8.73. The van der Waals surface area contributed by atoms with Gasteiger partial charge in [-0.25, -0.2) is 21.6 Å². The number of rotatable bonds is 6. The van der Waals surface area contributed by atoms with Crippen molar-refractivity contribution in [2.45, 2.75) is 24.7 Å². The first-order valence-corrected chi connectivity index (χ1v) is 10.9. The number of benzene rings is 2. The van der Waals surface area contributed by atoms with Crippen LogP contribution in [0.25, 0.3) is 0 Å². The molecule has 1 fully saturated rings. The second-order valence-electron chi connectivity index (χ2n) is 6.79. The first-order chi connectivity index (χ1) is 14.2. The van der Waals surface area contributed by atoms with Crippen molar-refractivity contribution in [2.75, 3.05) is 25.0 Å². The Hall–Kier alpha value is -2.59. The Morgan fingerprint density at radius 2 is 1.70 bits per heavy atom. The zero-order chi connectivity index (χ0) is 21.9. The molecule has 1 aliphatic rings. The van der Waals surface area contributed by atoms with Crippen LogP contribution in [0.5, 0.6) is 5.75 Å². The maximum atomic E-state index is 13.7. The Labute approximate surface area is 172 Å². The predicted molar refractivity (Wildman–Crippen MR) is 104 cm³/mol. The lowest BCUT2D eigenvalue weighted by Crippen LogP contribution is -2.41. The minimum Gasteiger partial charge on any atom is -0.494 e. The van der Waals surface area contributed by atoms with Crippen LogP contribution in [0.1, 0.15) is 19.8 Å². The average Bonchev–Trinajstić information content (AvgIpc) is 2.75. The summed E-state index contributed by atoms with van der Waals surface area (Å²) in [5.74, 6) is -5.07. The van der Waals surface area contributed by atoms with Crippen molar-refractivity contribution in [1.82, 2.24) is 4.31 Å². The number of anilines is 1. The summed E-state index contributed by atoms with van der Waals surface area (Å²) in [6.45, 7) is 2.50. The van der Waals surface area contributed by atoms with Gasteiger partial charge in [0.05, 0.1) is 17.2 Å². The van der Waals surface area contributed by atoms with Crippen LogP contribution in [0, 0.1) is 23.4 Å². The monoisotopic (exact) mass is 442 g/mol. The lowest BCUT2D eigenvalue weighted by atomic mass is 9.97. The smallest absolute Gasteiger partial charge is 0.243 e. The lowest BCUT2D eigenvalue weighted by molar-refractivity contribution is -0.120. The van der Waals surface area contributed by atoms with Gasteiger partial charge in [-0.3, -0.25) is 4.79 Å². The average molecular weight is 442 g/mol. The van der Waals surface area contributed by atoms with Gasteiger partial charge in [-0.05, 0) is 56.2 Å². The van der Waals surface area contributed by atoms with Gasteiger partial charge in [0.25, 0.3) is 0 Å². The van der Waals surface area contributed by atoms with E-state index in [1.165, 1.54) is 16.4 Å². The van der Waals surface area contributed by atoms with Crippen LogP contribution in [-0.4, -0.2) is 38.3 Å². The SMILES string of the molecule is CCOc1ccc(S(=O)(=O)N2CCC(C(=O)Nc3ccc(F)c(F)c3F)CC2)cc1. The van der Waals surface area contributed by atoms with Crippen LogP contribution in [-0.2, 0) is 14.8 Å². The van der Waals surface area contributed by atoms with Gasteiger partial charge in [0.1, 0.15) is 5.75 Å². The van der Waals surface area contributed by atoms with Gasteiger partial charge in [0.15, 0.2) is 17.5 Å². The van der Waals surface area contributed by atoms with Crippen molar-refractivity contribution in [2.24, 2.45) is 5.92 Å². The summed E-state index contributed by atoms with van der Waals surface area (Å²) < 4.78 is 72.3. The third-order valence-electron chi connectivity index (χ3n) is 4.89. The van der Waals surface area contributed by atoms with Crippen LogP contribution in [0.3, 0.4) is 0 Å². The molecule has 30 heavy (non-hydrogen) atoms. The number of hydrogen-bond donors (Lipinski definition) is 1. The summed E-state index contributed by atoms with van der Waals surface area (Å²) in [6, 6.07) is 7.74. The van der Waals surface area contributed by atoms with Crippen molar-refractivity contribution < 1.29 is 31.1 Å². The molecule has 2 aromatic rings. The summed E-state index contributed by atoms with van der Waals surface area (Å²) >= 11 is 0. The van der Waals surface area contributed by atoms with E-state index < -0.39 is 45.0 Å². The van der Waals surface area contributed by atoms with E-state index in [1.54, 1.807) is 12.1 Å². The molecule has 1 amide bonds. The standard InChI is InChI=1S/C20H21F3N2O4S/c1-2-29-14-3-5-15(6-4-14)30(27,28)25-11-9-13(10-12-25)20(26)24-17-8-7-16(21)18(22)19(17)23/h3-8,13H,2,9-12H2,1H3,(H,24,26). The predicted octanol–water partition coefficient (Wildman–Crippen LogP) is 3.54. The molecule has 0 bridgehead atoms. The Bertz CT molecular complexity index is 1020. The third-order valence-corrected chi connectivity index (χ3v) is 6.80. The van der Waals surface area contributed by atoms with Gasteiger partial charge in [-0.2, -0.15) is 4.31 Å². The number of halogens is 3. The first kappa shape index (κ1) is 22.1. The van der Waals surface area contributed by atoms with E-state index in [0.717, 1.165) is 12.1 Å². The molecule has 1 heterocycles. The summed E-state index contributed by atoms with van der Waals surface area (Å²) in [5, 5.41) is 2.25. The van der Waals surface area contributed by atoms with Crippen LogP contribution < -0.4 is 10.1 Å². The molecule has 0 radical (unpaired) electrons. The molecule has 162 valence electrons. The molecular weight excluding hydrogens is 421 g/mol. The van der Waals surface area contributed by atoms with E-state index in [9.17, 15) is 26.4 Å². The van der Waals surface area contributed by atoms with E-state index in [0.29, 0.717) is 12.4 Å². The number of carbonyl (C=O) groups is 1. The molecule has 3 rings (SSSR count). The van der Waals surface area contributed by atoms with E-state index in [1.807, 2.05) is 6.92 Å². The molecule has 1 aliphatic heterocycles. The van der Waals surface area contributed by atoms with Crippen molar-refractivity contribution in [3.63, 3.8) is 0 Å². The number of carbonyl (C=O) groups excluding carboxylic acids is 1. The zero-order valence-corrected chi connectivity index (χ0v) is 17.0. The van der Waals surface area contributed by atoms with Gasteiger partial charge >= 0.3 is 0 Å². The van der Waals surface area contributed by atoms with Crippen LogP contribution in [0.2, 0.25) is 0 Å². The number of amides is 1. The van der Waals surface area contributed by atoms with E-state index in [2.05, 4.69) is 5.32 Å². The van der Waals surface area contributed by atoms with Gasteiger partial charge in [-0.15, -0.1) is 0 Å². The van der Waals surface area contributed by atoms with E-state index >= 15 is 0 Å². The Morgan fingerprint density at radius 1 is 1.07 bits per heavy atom. The fourth-order valence-electron chi connectivity index (χ4n) is 3.24. The second kappa shape index (κ2) is 9.05. The maximum Gasteiger partial charge on any atom is 0.243 e. The topological polar surface area (TPSA) is 75.7 Å². The normalized spacial score (nSPS) is 15.7. The number of nitrogens with one attached hydrogen (secondary N) is 1. The number of piperidine rings is 1. The highest BCUT2D eigenvalue weighted by molar-refractivity contribution is 7.89. The summed E-state index contributed by atoms with van der Waals surface area (Å²) in [6.07, 6.45) is 0.431. The summed E-state index contributed by atoms with van der Waals surface area (Å²) in [7, 11) is -3.72. The summed E-state index contributed by atoms with van der Waals surface area (Å²) in [4.78, 5) is 12.5. The number of nitrogens with zero attached hydrogens (tertiary/aromatic N) is 1. The highest BCUT2D eigenvalue weighted by atomic mass is 32.2. The number of sulfonamides is 1. The fourth-order valence-corrected chi connectivity index (χ4v) is 4.71. The fraction of sp³-hybridized carbons (Fsp3) is 0.350. The van der Waals surface area contributed by atoms with Crippen molar-refractivity contribution in [3.8, 4) is 5.75 Å². The molecule has 0 spiro atoms. The molecule has 1 saturated heterocycles. The molecule has 0 atom stereocenters. The molecule has 2 aromatic carbocycles. The quantitative estimate of drug-likeness (QED) is 0.695.